The molecule has 1 aromatic carbocycles. The second-order valence-corrected chi connectivity index (χ2v) is 8.13. The Labute approximate surface area is 191 Å². The molecule has 1 aromatic rings. The van der Waals surface area contributed by atoms with Gasteiger partial charge in [-0.1, -0.05) is 12.1 Å². The standard InChI is InChI=1S/C23H26N4O6/c1-23(2)19(16(10-26)22(33-23)14(8-24)9-25)13-4-6-15(7-5-13)27(3)11-17(29)20(31)21(32)18(30)12-28/h4-7,17-18,20-21,28-32H,11-12H2,1-3H3/t17-,18+,20+,21+/m0/s1. The van der Waals surface area contributed by atoms with Crippen LogP contribution in [0.25, 0.3) is 5.57 Å². The van der Waals surface area contributed by atoms with E-state index in [0.717, 1.165) is 0 Å². The summed E-state index contributed by atoms with van der Waals surface area (Å²) in [5, 5.41) is 76.3. The van der Waals surface area contributed by atoms with Crippen LogP contribution in [0, 0.1) is 34.0 Å². The number of aliphatic hydroxyl groups is 5. The zero-order chi connectivity index (χ0) is 24.9. The van der Waals surface area contributed by atoms with Crippen molar-refractivity contribution in [2.45, 2.75) is 43.9 Å². The van der Waals surface area contributed by atoms with Crippen LogP contribution in [0.4, 0.5) is 5.69 Å². The minimum absolute atomic E-state index is 0.0515. The van der Waals surface area contributed by atoms with E-state index < -0.39 is 36.6 Å². The van der Waals surface area contributed by atoms with Crippen LogP contribution in [0.15, 0.2) is 41.2 Å². The SMILES string of the molecule is CN(C[C@H](O)[C@@H](O)[C@H](O)[C@H](O)CO)c1ccc(C2=C(C#N)C(=C(C#N)C#N)OC2(C)C)cc1. The molecule has 0 amide bonds. The summed E-state index contributed by atoms with van der Waals surface area (Å²) in [7, 11) is 1.65. The van der Waals surface area contributed by atoms with Gasteiger partial charge < -0.3 is 35.2 Å². The molecule has 0 aliphatic carbocycles. The normalized spacial score (nSPS) is 18.3. The molecule has 0 spiro atoms. The van der Waals surface area contributed by atoms with Gasteiger partial charge in [-0.2, -0.15) is 15.8 Å². The summed E-state index contributed by atoms with van der Waals surface area (Å²) < 4.78 is 5.78. The fraction of sp³-hybridized carbons (Fsp3) is 0.435. The van der Waals surface area contributed by atoms with Crippen molar-refractivity contribution in [3.63, 3.8) is 0 Å². The number of ether oxygens (including phenoxy) is 1. The second kappa shape index (κ2) is 10.5. The highest BCUT2D eigenvalue weighted by atomic mass is 16.5. The molecular weight excluding hydrogens is 428 g/mol. The summed E-state index contributed by atoms with van der Waals surface area (Å²) in [4.78, 5) is 1.61. The number of allylic oxidation sites excluding steroid dienone is 2. The zero-order valence-electron chi connectivity index (χ0n) is 18.5. The van der Waals surface area contributed by atoms with Gasteiger partial charge in [0.25, 0.3) is 0 Å². The maximum Gasteiger partial charge on any atom is 0.172 e. The van der Waals surface area contributed by atoms with Gasteiger partial charge in [0.1, 0.15) is 47.7 Å². The van der Waals surface area contributed by atoms with Crippen LogP contribution in [0.3, 0.4) is 0 Å². The summed E-state index contributed by atoms with van der Waals surface area (Å²) in [6.45, 7) is 2.60. The Morgan fingerprint density at radius 1 is 1.00 bits per heavy atom. The van der Waals surface area contributed by atoms with Crippen molar-refractivity contribution in [3.05, 3.63) is 46.7 Å². The lowest BCUT2D eigenvalue weighted by Gasteiger charge is -2.29. The van der Waals surface area contributed by atoms with Gasteiger partial charge in [-0.05, 0) is 31.5 Å². The Morgan fingerprint density at radius 2 is 1.55 bits per heavy atom. The molecule has 10 nitrogen and oxygen atoms in total. The fourth-order valence-corrected chi connectivity index (χ4v) is 3.61. The minimum atomic E-state index is -1.71. The number of likely N-dealkylation sites (N-methyl/N-ethyl adjacent to an activating group) is 1. The molecule has 4 atom stereocenters. The van der Waals surface area contributed by atoms with Crippen LogP contribution in [0.2, 0.25) is 0 Å². The molecular formula is C23H26N4O6. The van der Waals surface area contributed by atoms with Crippen LogP contribution in [0.5, 0.6) is 0 Å². The molecule has 0 saturated heterocycles. The summed E-state index contributed by atoms with van der Waals surface area (Å²) in [6, 6.07) is 12.4. The maximum absolute atomic E-state index is 10.2. The molecule has 0 radical (unpaired) electrons. The van der Waals surface area contributed by atoms with Gasteiger partial charge in [0, 0.05) is 24.9 Å². The lowest BCUT2D eigenvalue weighted by molar-refractivity contribution is -0.112. The summed E-state index contributed by atoms with van der Waals surface area (Å²) in [5.41, 5.74) is 0.663. The zero-order valence-corrected chi connectivity index (χ0v) is 18.5. The number of nitriles is 3. The average Bonchev–Trinajstić information content (AvgIpc) is 3.08. The average molecular weight is 454 g/mol. The van der Waals surface area contributed by atoms with Gasteiger partial charge in [-0.15, -0.1) is 0 Å². The van der Waals surface area contributed by atoms with Crippen LogP contribution in [-0.4, -0.2) is 75.7 Å². The summed E-state index contributed by atoms with van der Waals surface area (Å²) >= 11 is 0. The third-order valence-electron chi connectivity index (χ3n) is 5.38. The summed E-state index contributed by atoms with van der Waals surface area (Å²) in [5.74, 6) is -0.0515. The highest BCUT2D eigenvalue weighted by Crippen LogP contribution is 2.45. The van der Waals surface area contributed by atoms with Gasteiger partial charge in [0.2, 0.25) is 0 Å². The Bertz CT molecular complexity index is 1040. The molecule has 1 heterocycles. The second-order valence-electron chi connectivity index (χ2n) is 8.13. The molecule has 10 heteroatoms. The third-order valence-corrected chi connectivity index (χ3v) is 5.38. The molecule has 0 saturated carbocycles. The van der Waals surface area contributed by atoms with Crippen molar-refractivity contribution >= 4 is 11.3 Å². The van der Waals surface area contributed by atoms with E-state index in [2.05, 4.69) is 0 Å². The van der Waals surface area contributed by atoms with Crippen LogP contribution in [0.1, 0.15) is 19.4 Å². The van der Waals surface area contributed by atoms with E-state index in [-0.39, 0.29) is 23.5 Å². The molecule has 174 valence electrons. The van der Waals surface area contributed by atoms with E-state index in [1.54, 1.807) is 62.2 Å². The predicted molar refractivity (Wildman–Crippen MR) is 117 cm³/mol. The lowest BCUT2D eigenvalue weighted by atomic mass is 9.89. The van der Waals surface area contributed by atoms with Crippen molar-refractivity contribution in [3.8, 4) is 18.2 Å². The Balaban J connectivity index is 2.30. The largest absolute Gasteiger partial charge is 0.480 e. The maximum atomic E-state index is 10.2. The molecule has 2 rings (SSSR count). The number of benzene rings is 1. The van der Waals surface area contributed by atoms with Gasteiger partial charge in [0.05, 0.1) is 12.7 Å². The number of hydrogen-bond donors (Lipinski definition) is 5. The molecule has 0 fully saturated rings. The van der Waals surface area contributed by atoms with Crippen molar-refractivity contribution in [1.29, 1.82) is 15.8 Å². The Hall–Kier alpha value is -3.43. The first kappa shape index (κ1) is 25.8. The number of rotatable bonds is 8. The van der Waals surface area contributed by atoms with Crippen molar-refractivity contribution in [1.82, 2.24) is 0 Å². The molecule has 1 aliphatic rings. The first-order valence-corrected chi connectivity index (χ1v) is 10.1. The van der Waals surface area contributed by atoms with Crippen LogP contribution < -0.4 is 4.90 Å². The van der Waals surface area contributed by atoms with Gasteiger partial charge >= 0.3 is 0 Å². The van der Waals surface area contributed by atoms with Crippen molar-refractivity contribution in [2.24, 2.45) is 0 Å². The number of anilines is 1. The highest BCUT2D eigenvalue weighted by Gasteiger charge is 2.40. The van der Waals surface area contributed by atoms with Crippen LogP contribution in [-0.2, 0) is 4.74 Å². The molecule has 0 unspecified atom stereocenters. The van der Waals surface area contributed by atoms with Gasteiger partial charge in [0.15, 0.2) is 11.3 Å². The first-order valence-electron chi connectivity index (χ1n) is 10.1. The van der Waals surface area contributed by atoms with E-state index in [9.17, 15) is 36.2 Å². The van der Waals surface area contributed by atoms with Crippen LogP contribution >= 0.6 is 0 Å². The molecule has 0 bridgehead atoms. The van der Waals surface area contributed by atoms with E-state index in [0.29, 0.717) is 16.8 Å². The van der Waals surface area contributed by atoms with Gasteiger partial charge in [-0.3, -0.25) is 0 Å². The topological polar surface area (TPSA) is 185 Å². The van der Waals surface area contributed by atoms with Crippen molar-refractivity contribution < 1.29 is 30.3 Å². The van der Waals surface area contributed by atoms with Gasteiger partial charge in [-0.25, -0.2) is 0 Å². The van der Waals surface area contributed by atoms with E-state index in [1.165, 1.54) is 0 Å². The monoisotopic (exact) mass is 454 g/mol. The quantitative estimate of drug-likeness (QED) is 0.333. The van der Waals surface area contributed by atoms with E-state index >= 15 is 0 Å². The smallest absolute Gasteiger partial charge is 0.172 e. The molecule has 33 heavy (non-hydrogen) atoms. The first-order chi connectivity index (χ1) is 15.5. The number of nitrogens with zero attached hydrogens (tertiary/aromatic N) is 4. The number of hydrogen-bond acceptors (Lipinski definition) is 10. The fourth-order valence-electron chi connectivity index (χ4n) is 3.61. The summed E-state index contributed by atoms with van der Waals surface area (Å²) in [6.07, 6.45) is -6.38. The molecule has 5 N–H and O–H groups in total. The number of aliphatic hydroxyl groups excluding tert-OH is 5. The predicted octanol–water partition coefficient (Wildman–Crippen LogP) is -0.0541. The molecule has 0 aromatic heterocycles. The third kappa shape index (κ3) is 5.32. The Kier molecular flexibility index (Phi) is 8.18. The van der Waals surface area contributed by atoms with E-state index in [4.69, 9.17) is 9.84 Å². The van der Waals surface area contributed by atoms with E-state index in [1.807, 2.05) is 6.07 Å². The minimum Gasteiger partial charge on any atom is -0.480 e. The lowest BCUT2D eigenvalue weighted by Crippen LogP contribution is -2.49. The highest BCUT2D eigenvalue weighted by molar-refractivity contribution is 5.84. The Morgan fingerprint density at radius 3 is 2.03 bits per heavy atom. The van der Waals surface area contributed by atoms with Crippen molar-refractivity contribution in [2.75, 3.05) is 25.1 Å². The molecule has 1 aliphatic heterocycles.